The number of nitrogens with one attached hydrogen (secondary N) is 1. The summed E-state index contributed by atoms with van der Waals surface area (Å²) in [5.74, 6) is -1.01. The predicted octanol–water partition coefficient (Wildman–Crippen LogP) is 3.53. The van der Waals surface area contributed by atoms with Crippen LogP contribution in [0.25, 0.3) is 11.1 Å². The Kier molecular flexibility index (Phi) is 5.29. The van der Waals surface area contributed by atoms with Gasteiger partial charge in [-0.2, -0.15) is 0 Å². The van der Waals surface area contributed by atoms with Crippen LogP contribution >= 0.6 is 0 Å². The molecule has 0 spiro atoms. The maximum atomic E-state index is 14.2. The summed E-state index contributed by atoms with van der Waals surface area (Å²) in [7, 11) is 0. The Morgan fingerprint density at radius 3 is 2.55 bits per heavy atom. The van der Waals surface area contributed by atoms with Gasteiger partial charge < -0.3 is 15.1 Å². The van der Waals surface area contributed by atoms with Crippen LogP contribution in [0.2, 0.25) is 0 Å². The molecule has 6 nitrogen and oxygen atoms in total. The van der Waals surface area contributed by atoms with Crippen LogP contribution < -0.4 is 5.32 Å². The van der Waals surface area contributed by atoms with E-state index in [1.165, 1.54) is 11.0 Å². The molecule has 3 amide bonds. The Balaban J connectivity index is 1.62. The molecule has 0 saturated carbocycles. The highest BCUT2D eigenvalue weighted by Gasteiger charge is 2.40. The molecule has 1 atom stereocenters. The maximum absolute atomic E-state index is 14.2. The minimum Gasteiger partial charge on any atom is -0.338 e. The highest BCUT2D eigenvalue weighted by molar-refractivity contribution is 6.10. The highest BCUT2D eigenvalue weighted by atomic mass is 19.1. The molecule has 2 aromatic carbocycles. The topological polar surface area (TPSA) is 69.7 Å². The Morgan fingerprint density at radius 2 is 1.84 bits per heavy atom. The molecule has 0 radical (unpaired) electrons. The molecule has 2 aromatic rings. The number of carbonyl (C=O) groups is 3. The monoisotopic (exact) mass is 423 g/mol. The van der Waals surface area contributed by atoms with Crippen LogP contribution in [0.1, 0.15) is 37.6 Å². The van der Waals surface area contributed by atoms with Crippen molar-refractivity contribution >= 4 is 23.4 Å². The second-order valence-electron chi connectivity index (χ2n) is 9.32. The van der Waals surface area contributed by atoms with E-state index in [4.69, 9.17) is 0 Å². The number of nitrogens with zero attached hydrogens (tertiary/aromatic N) is 2. The Labute approximate surface area is 181 Å². The third kappa shape index (κ3) is 4.17. The molecule has 162 valence electrons. The molecule has 4 rings (SSSR count). The molecular weight excluding hydrogens is 397 g/mol. The number of hydrogen-bond acceptors (Lipinski definition) is 3. The standard InChI is InChI=1S/C24H26FN3O3/c1-24(2,3)13-21(29)27-10-11-28-20(14-27)22(30)26-19-9-8-15(12-17(19)23(28)31)16-6-4-5-7-18(16)25/h4-9,12,20H,10-11,13-14H2,1-3H3,(H,26,30)/t20-/m0/s1. The van der Waals surface area contributed by atoms with E-state index < -0.39 is 6.04 Å². The quantitative estimate of drug-likeness (QED) is 0.803. The normalized spacial score (nSPS) is 18.8. The van der Waals surface area contributed by atoms with Crippen LogP contribution in [-0.2, 0) is 9.59 Å². The van der Waals surface area contributed by atoms with Gasteiger partial charge in [-0.15, -0.1) is 0 Å². The van der Waals surface area contributed by atoms with Crippen molar-refractivity contribution in [2.45, 2.75) is 33.2 Å². The molecule has 2 aliphatic rings. The van der Waals surface area contributed by atoms with Crippen LogP contribution in [0.3, 0.4) is 0 Å². The molecular formula is C24H26FN3O3. The van der Waals surface area contributed by atoms with Crippen LogP contribution in [0.5, 0.6) is 0 Å². The summed E-state index contributed by atoms with van der Waals surface area (Å²) in [6.45, 7) is 6.80. The molecule has 1 N–H and O–H groups in total. The zero-order valence-corrected chi connectivity index (χ0v) is 17.9. The van der Waals surface area contributed by atoms with E-state index >= 15 is 0 Å². The summed E-state index contributed by atoms with van der Waals surface area (Å²) < 4.78 is 14.2. The van der Waals surface area contributed by atoms with Crippen molar-refractivity contribution in [1.82, 2.24) is 9.80 Å². The maximum Gasteiger partial charge on any atom is 0.256 e. The first-order chi connectivity index (χ1) is 14.6. The molecule has 0 unspecified atom stereocenters. The van der Waals surface area contributed by atoms with Gasteiger partial charge in [0.15, 0.2) is 0 Å². The number of piperazine rings is 1. The van der Waals surface area contributed by atoms with E-state index in [1.807, 2.05) is 20.8 Å². The van der Waals surface area contributed by atoms with Crippen LogP contribution in [0.15, 0.2) is 42.5 Å². The minimum absolute atomic E-state index is 0.0176. The molecule has 0 aromatic heterocycles. The Morgan fingerprint density at radius 1 is 1.10 bits per heavy atom. The lowest BCUT2D eigenvalue weighted by Crippen LogP contribution is -2.59. The fraction of sp³-hybridized carbons (Fsp3) is 0.375. The molecule has 0 aliphatic carbocycles. The average Bonchev–Trinajstić information content (AvgIpc) is 2.81. The fourth-order valence-corrected chi connectivity index (χ4v) is 4.11. The Bertz CT molecular complexity index is 1060. The number of amides is 3. The minimum atomic E-state index is -0.755. The summed E-state index contributed by atoms with van der Waals surface area (Å²) in [5, 5.41) is 2.82. The van der Waals surface area contributed by atoms with Gasteiger partial charge in [0.2, 0.25) is 11.8 Å². The van der Waals surface area contributed by atoms with Gasteiger partial charge in [0, 0.05) is 25.1 Å². The van der Waals surface area contributed by atoms with E-state index in [0.29, 0.717) is 35.3 Å². The van der Waals surface area contributed by atoms with Crippen molar-refractivity contribution in [3.05, 3.63) is 53.8 Å². The number of benzene rings is 2. The predicted molar refractivity (Wildman–Crippen MR) is 116 cm³/mol. The summed E-state index contributed by atoms with van der Waals surface area (Å²) in [6.07, 6.45) is 0.376. The van der Waals surface area contributed by atoms with Gasteiger partial charge in [-0.1, -0.05) is 45.0 Å². The average molecular weight is 423 g/mol. The summed E-state index contributed by atoms with van der Waals surface area (Å²) in [6, 6.07) is 10.6. The second kappa shape index (κ2) is 7.80. The van der Waals surface area contributed by atoms with E-state index in [2.05, 4.69) is 5.32 Å². The molecule has 2 heterocycles. The van der Waals surface area contributed by atoms with Crippen LogP contribution in [0.4, 0.5) is 10.1 Å². The summed E-state index contributed by atoms with van der Waals surface area (Å²) in [4.78, 5) is 42.1. The lowest BCUT2D eigenvalue weighted by atomic mass is 9.91. The van der Waals surface area contributed by atoms with Gasteiger partial charge in [0.05, 0.1) is 17.8 Å². The largest absolute Gasteiger partial charge is 0.338 e. The van der Waals surface area contributed by atoms with Gasteiger partial charge in [-0.25, -0.2) is 4.39 Å². The number of anilines is 1. The first-order valence-corrected chi connectivity index (χ1v) is 10.4. The number of fused-ring (bicyclic) bond motifs is 2. The SMILES string of the molecule is CC(C)(C)CC(=O)N1CCN2C(=O)c3cc(-c4ccccc4F)ccc3NC(=O)[C@@H]2C1. The van der Waals surface area contributed by atoms with E-state index in [-0.39, 0.29) is 42.0 Å². The van der Waals surface area contributed by atoms with Crippen molar-refractivity contribution in [2.24, 2.45) is 5.41 Å². The van der Waals surface area contributed by atoms with Crippen molar-refractivity contribution in [2.75, 3.05) is 25.0 Å². The van der Waals surface area contributed by atoms with Gasteiger partial charge in [0.1, 0.15) is 11.9 Å². The van der Waals surface area contributed by atoms with Crippen molar-refractivity contribution in [1.29, 1.82) is 0 Å². The number of carbonyl (C=O) groups excluding carboxylic acids is 3. The number of hydrogen-bond donors (Lipinski definition) is 1. The van der Waals surface area contributed by atoms with Crippen LogP contribution in [-0.4, -0.2) is 53.2 Å². The van der Waals surface area contributed by atoms with Gasteiger partial charge >= 0.3 is 0 Å². The number of halogens is 1. The first kappa shape index (κ1) is 21.0. The third-order valence-electron chi connectivity index (χ3n) is 5.67. The van der Waals surface area contributed by atoms with E-state index in [0.717, 1.165) is 0 Å². The van der Waals surface area contributed by atoms with Crippen LogP contribution in [0, 0.1) is 11.2 Å². The summed E-state index contributed by atoms with van der Waals surface area (Å²) >= 11 is 0. The van der Waals surface area contributed by atoms with Gasteiger partial charge in [-0.05, 0) is 29.2 Å². The highest BCUT2D eigenvalue weighted by Crippen LogP contribution is 2.31. The molecule has 1 saturated heterocycles. The second-order valence-corrected chi connectivity index (χ2v) is 9.32. The zero-order chi connectivity index (χ0) is 22.3. The van der Waals surface area contributed by atoms with E-state index in [9.17, 15) is 18.8 Å². The Hall–Kier alpha value is -3.22. The molecule has 0 bridgehead atoms. The van der Waals surface area contributed by atoms with Gasteiger partial charge in [-0.3, -0.25) is 14.4 Å². The smallest absolute Gasteiger partial charge is 0.256 e. The lowest BCUT2D eigenvalue weighted by Gasteiger charge is -2.40. The zero-order valence-electron chi connectivity index (χ0n) is 17.9. The van der Waals surface area contributed by atoms with E-state index in [1.54, 1.807) is 41.3 Å². The van der Waals surface area contributed by atoms with Crippen molar-refractivity contribution in [3.8, 4) is 11.1 Å². The fourth-order valence-electron chi connectivity index (χ4n) is 4.11. The number of rotatable bonds is 2. The van der Waals surface area contributed by atoms with Crippen molar-refractivity contribution in [3.63, 3.8) is 0 Å². The third-order valence-corrected chi connectivity index (χ3v) is 5.67. The molecule has 1 fully saturated rings. The van der Waals surface area contributed by atoms with Crippen molar-refractivity contribution < 1.29 is 18.8 Å². The molecule has 31 heavy (non-hydrogen) atoms. The lowest BCUT2D eigenvalue weighted by molar-refractivity contribution is -0.137. The summed E-state index contributed by atoms with van der Waals surface area (Å²) in [5.41, 5.74) is 1.53. The van der Waals surface area contributed by atoms with Gasteiger partial charge in [0.25, 0.3) is 5.91 Å². The molecule has 7 heteroatoms. The molecule has 2 aliphatic heterocycles. The first-order valence-electron chi connectivity index (χ1n) is 10.4.